The van der Waals surface area contributed by atoms with E-state index < -0.39 is 12.6 Å². The number of halogens is 2. The van der Waals surface area contributed by atoms with Crippen molar-refractivity contribution in [3.05, 3.63) is 82.4 Å². The average molecular weight is 429 g/mol. The highest BCUT2D eigenvalue weighted by Gasteiger charge is 2.15. The highest BCUT2D eigenvalue weighted by atomic mass is 35.5. The summed E-state index contributed by atoms with van der Waals surface area (Å²) in [5.41, 5.74) is 1.98. The number of benzene rings is 2. The molecule has 0 atom stereocenters. The first-order valence-electron chi connectivity index (χ1n) is 8.93. The first-order chi connectivity index (χ1) is 14.4. The molecule has 0 saturated heterocycles. The summed E-state index contributed by atoms with van der Waals surface area (Å²) in [5, 5.41) is 4.57. The van der Waals surface area contributed by atoms with Crippen LogP contribution >= 0.6 is 11.6 Å². The Morgan fingerprint density at radius 1 is 1.17 bits per heavy atom. The molecule has 0 amide bonds. The number of hydrogen-bond acceptors (Lipinski definition) is 5. The summed E-state index contributed by atoms with van der Waals surface area (Å²) in [6.45, 7) is 1.30. The van der Waals surface area contributed by atoms with Crippen LogP contribution in [-0.4, -0.2) is 35.2 Å². The van der Waals surface area contributed by atoms with Crippen LogP contribution in [0.5, 0.6) is 5.75 Å². The number of rotatable bonds is 7. The second-order valence-corrected chi connectivity index (χ2v) is 6.60. The van der Waals surface area contributed by atoms with Crippen LogP contribution < -0.4 is 4.74 Å². The number of ketones is 1. The van der Waals surface area contributed by atoms with Gasteiger partial charge in [0.05, 0.1) is 24.1 Å². The van der Waals surface area contributed by atoms with Crippen LogP contribution in [0.15, 0.2) is 54.6 Å². The van der Waals surface area contributed by atoms with Gasteiger partial charge in [0.1, 0.15) is 16.7 Å². The van der Waals surface area contributed by atoms with Crippen molar-refractivity contribution in [1.82, 2.24) is 9.78 Å². The minimum Gasteiger partial charge on any atom is -0.496 e. The van der Waals surface area contributed by atoms with Crippen molar-refractivity contribution in [3.63, 3.8) is 0 Å². The van der Waals surface area contributed by atoms with E-state index in [1.807, 2.05) is 0 Å². The summed E-state index contributed by atoms with van der Waals surface area (Å²) in [7, 11) is 1.46. The Bertz CT molecular complexity index is 1110. The molecule has 154 valence electrons. The Labute approximate surface area is 177 Å². The SMILES string of the molecule is COc1ccccc1C(=O)COC(=O)C=Cc1c(C)nn(-c2ccc(F)cc2)c1Cl. The van der Waals surface area contributed by atoms with Crippen molar-refractivity contribution in [2.45, 2.75) is 6.92 Å². The Hall–Kier alpha value is -3.45. The molecule has 30 heavy (non-hydrogen) atoms. The molecule has 3 rings (SSSR count). The summed E-state index contributed by atoms with van der Waals surface area (Å²) in [6, 6.07) is 12.4. The molecule has 1 aromatic heterocycles. The number of carbonyl (C=O) groups is 2. The summed E-state index contributed by atoms with van der Waals surface area (Å²) < 4.78 is 24.7. The molecule has 8 heteroatoms. The van der Waals surface area contributed by atoms with Crippen molar-refractivity contribution in [2.24, 2.45) is 0 Å². The number of carbonyl (C=O) groups excluding carboxylic acids is 2. The quantitative estimate of drug-likeness (QED) is 0.316. The number of ether oxygens (including phenoxy) is 2. The van der Waals surface area contributed by atoms with Crippen molar-refractivity contribution < 1.29 is 23.5 Å². The molecule has 0 aliphatic carbocycles. The number of Topliss-reactive ketones (excluding diaryl/α,β-unsaturated/α-hetero) is 1. The zero-order valence-electron chi connectivity index (χ0n) is 16.3. The number of nitrogens with zero attached hydrogens (tertiary/aromatic N) is 2. The number of para-hydroxylation sites is 1. The molecular weight excluding hydrogens is 411 g/mol. The first kappa shape index (κ1) is 21.3. The Balaban J connectivity index is 1.68. The zero-order valence-corrected chi connectivity index (χ0v) is 17.0. The van der Waals surface area contributed by atoms with Gasteiger partial charge in [-0.3, -0.25) is 4.79 Å². The van der Waals surface area contributed by atoms with Gasteiger partial charge in [-0.05, 0) is 49.4 Å². The van der Waals surface area contributed by atoms with E-state index in [0.29, 0.717) is 28.3 Å². The van der Waals surface area contributed by atoms with E-state index in [9.17, 15) is 14.0 Å². The largest absolute Gasteiger partial charge is 0.496 e. The summed E-state index contributed by atoms with van der Waals surface area (Å²) in [6.07, 6.45) is 2.63. The lowest BCUT2D eigenvalue weighted by atomic mass is 10.1. The topological polar surface area (TPSA) is 70.4 Å². The molecule has 1 heterocycles. The number of esters is 1. The van der Waals surface area contributed by atoms with Gasteiger partial charge in [-0.25, -0.2) is 13.9 Å². The third-order valence-corrected chi connectivity index (χ3v) is 4.62. The highest BCUT2D eigenvalue weighted by Crippen LogP contribution is 2.25. The lowest BCUT2D eigenvalue weighted by molar-refractivity contribution is -0.136. The molecule has 6 nitrogen and oxygen atoms in total. The van der Waals surface area contributed by atoms with Crippen LogP contribution in [0.25, 0.3) is 11.8 Å². The van der Waals surface area contributed by atoms with Crippen LogP contribution in [0.4, 0.5) is 4.39 Å². The van der Waals surface area contributed by atoms with Crippen LogP contribution in [-0.2, 0) is 9.53 Å². The van der Waals surface area contributed by atoms with E-state index in [1.165, 1.54) is 36.1 Å². The molecule has 0 spiro atoms. The van der Waals surface area contributed by atoms with Crippen molar-refractivity contribution in [2.75, 3.05) is 13.7 Å². The van der Waals surface area contributed by atoms with Crippen LogP contribution in [0.3, 0.4) is 0 Å². The van der Waals surface area contributed by atoms with Crippen molar-refractivity contribution in [3.8, 4) is 11.4 Å². The van der Waals surface area contributed by atoms with E-state index in [1.54, 1.807) is 43.3 Å². The van der Waals surface area contributed by atoms with Gasteiger partial charge in [0.2, 0.25) is 5.78 Å². The van der Waals surface area contributed by atoms with E-state index in [-0.39, 0.29) is 16.8 Å². The standard InChI is InChI=1S/C22H18ClFN2O4/c1-14-17(22(23)26(25-14)16-9-7-15(24)8-10-16)11-12-21(28)30-13-19(27)18-5-3-4-6-20(18)29-2/h3-12H,13H2,1-2H3. The van der Waals surface area contributed by atoms with E-state index in [2.05, 4.69) is 5.10 Å². The number of hydrogen-bond donors (Lipinski definition) is 0. The number of methoxy groups -OCH3 is 1. The highest BCUT2D eigenvalue weighted by molar-refractivity contribution is 6.31. The molecule has 0 radical (unpaired) electrons. The van der Waals surface area contributed by atoms with Crippen LogP contribution in [0, 0.1) is 12.7 Å². The number of aryl methyl sites for hydroxylation is 1. The molecule has 2 aromatic carbocycles. The minimum absolute atomic E-state index is 0.258. The Morgan fingerprint density at radius 3 is 2.57 bits per heavy atom. The van der Waals surface area contributed by atoms with Gasteiger partial charge in [-0.15, -0.1) is 0 Å². The maximum atomic E-state index is 13.1. The van der Waals surface area contributed by atoms with Gasteiger partial charge in [-0.2, -0.15) is 5.10 Å². The fourth-order valence-corrected chi connectivity index (χ4v) is 3.08. The lowest BCUT2D eigenvalue weighted by Crippen LogP contribution is -2.13. The zero-order chi connectivity index (χ0) is 21.7. The number of aromatic nitrogens is 2. The van der Waals surface area contributed by atoms with Crippen molar-refractivity contribution in [1.29, 1.82) is 0 Å². The van der Waals surface area contributed by atoms with E-state index in [0.717, 1.165) is 0 Å². The second kappa shape index (κ2) is 9.37. The Kier molecular flexibility index (Phi) is 6.64. The van der Waals surface area contributed by atoms with Gasteiger partial charge in [-0.1, -0.05) is 23.7 Å². The van der Waals surface area contributed by atoms with E-state index >= 15 is 0 Å². The molecular formula is C22H18ClFN2O4. The molecule has 3 aromatic rings. The fourth-order valence-electron chi connectivity index (χ4n) is 2.74. The second-order valence-electron chi connectivity index (χ2n) is 6.24. The molecule has 0 saturated carbocycles. The first-order valence-corrected chi connectivity index (χ1v) is 9.30. The lowest BCUT2D eigenvalue weighted by Gasteiger charge is -2.07. The summed E-state index contributed by atoms with van der Waals surface area (Å²) in [4.78, 5) is 24.3. The summed E-state index contributed by atoms with van der Waals surface area (Å²) in [5.74, 6) is -1.05. The maximum absolute atomic E-state index is 13.1. The maximum Gasteiger partial charge on any atom is 0.331 e. The molecule has 0 unspecified atom stereocenters. The molecule has 0 fully saturated rings. The van der Waals surface area contributed by atoms with Gasteiger partial charge in [0.25, 0.3) is 0 Å². The monoisotopic (exact) mass is 428 g/mol. The predicted molar refractivity (Wildman–Crippen MR) is 111 cm³/mol. The van der Waals surface area contributed by atoms with Gasteiger partial charge in [0.15, 0.2) is 6.61 Å². The average Bonchev–Trinajstić information content (AvgIpc) is 3.04. The predicted octanol–water partition coefficient (Wildman–Crippen LogP) is 4.42. The van der Waals surface area contributed by atoms with Gasteiger partial charge in [0, 0.05) is 11.6 Å². The smallest absolute Gasteiger partial charge is 0.331 e. The molecule has 0 aliphatic heterocycles. The molecule has 0 aliphatic rings. The third-order valence-electron chi connectivity index (χ3n) is 4.26. The minimum atomic E-state index is -0.705. The van der Waals surface area contributed by atoms with E-state index in [4.69, 9.17) is 21.1 Å². The normalized spacial score (nSPS) is 10.9. The summed E-state index contributed by atoms with van der Waals surface area (Å²) >= 11 is 6.36. The Morgan fingerprint density at radius 2 is 1.87 bits per heavy atom. The fraction of sp³-hybridized carbons (Fsp3) is 0.136. The van der Waals surface area contributed by atoms with Crippen molar-refractivity contribution >= 4 is 29.4 Å². The van der Waals surface area contributed by atoms with Gasteiger partial charge >= 0.3 is 5.97 Å². The van der Waals surface area contributed by atoms with Crippen LogP contribution in [0.1, 0.15) is 21.6 Å². The molecule has 0 N–H and O–H groups in total. The molecule has 0 bridgehead atoms. The third kappa shape index (κ3) is 4.75. The van der Waals surface area contributed by atoms with Gasteiger partial charge < -0.3 is 9.47 Å². The van der Waals surface area contributed by atoms with Crippen LogP contribution in [0.2, 0.25) is 5.15 Å².